The maximum absolute atomic E-state index is 13.2. The van der Waals surface area contributed by atoms with Gasteiger partial charge in [0.15, 0.2) is 5.78 Å². The Labute approximate surface area is 174 Å². The van der Waals surface area contributed by atoms with Crippen LogP contribution in [0, 0.1) is 17.3 Å². The fourth-order valence-electron chi connectivity index (χ4n) is 4.77. The number of esters is 1. The van der Waals surface area contributed by atoms with Gasteiger partial charge in [-0.25, -0.2) is 4.79 Å². The number of nitrogens with zero attached hydrogens (tertiary/aromatic N) is 1. The third-order valence-corrected chi connectivity index (χ3v) is 6.57. The molecule has 0 aromatic rings. The number of dihydropyridines is 1. The first-order valence-corrected chi connectivity index (χ1v) is 11.0. The van der Waals surface area contributed by atoms with Gasteiger partial charge in [-0.15, -0.1) is 0 Å². The van der Waals surface area contributed by atoms with Crippen LogP contribution in [0.4, 0.5) is 0 Å². The van der Waals surface area contributed by atoms with Gasteiger partial charge in [0, 0.05) is 48.9 Å². The molecule has 2 aliphatic heterocycles. The molecule has 0 spiro atoms. The van der Waals surface area contributed by atoms with Gasteiger partial charge in [0.2, 0.25) is 0 Å². The number of hydrogen-bond donors (Lipinski definition) is 1. The summed E-state index contributed by atoms with van der Waals surface area (Å²) in [5.41, 5.74) is 3.33. The van der Waals surface area contributed by atoms with E-state index < -0.39 is 0 Å². The topological polar surface area (TPSA) is 67.9 Å². The van der Waals surface area contributed by atoms with Crippen LogP contribution >= 0.6 is 0 Å². The third kappa shape index (κ3) is 4.58. The monoisotopic (exact) mass is 404 g/mol. The maximum Gasteiger partial charge on any atom is 0.336 e. The Balaban J connectivity index is 2.03. The molecule has 0 bridgehead atoms. The predicted molar refractivity (Wildman–Crippen MR) is 112 cm³/mol. The van der Waals surface area contributed by atoms with Gasteiger partial charge in [-0.05, 0) is 31.1 Å². The number of hydrogen-bond acceptors (Lipinski definition) is 6. The lowest BCUT2D eigenvalue weighted by atomic mass is 9.66. The fourth-order valence-corrected chi connectivity index (χ4v) is 4.77. The molecular formula is C23H36N2O4. The molecule has 162 valence electrons. The van der Waals surface area contributed by atoms with Crippen molar-refractivity contribution in [1.82, 2.24) is 10.2 Å². The number of ether oxygens (including phenoxy) is 2. The van der Waals surface area contributed by atoms with Crippen molar-refractivity contribution in [2.24, 2.45) is 17.3 Å². The summed E-state index contributed by atoms with van der Waals surface area (Å²) in [6.07, 6.45) is 2.34. The first-order chi connectivity index (χ1) is 13.8. The molecule has 1 N–H and O–H groups in total. The van der Waals surface area contributed by atoms with Crippen molar-refractivity contribution in [2.45, 2.75) is 53.9 Å². The zero-order valence-corrected chi connectivity index (χ0v) is 18.6. The van der Waals surface area contributed by atoms with E-state index in [4.69, 9.17) is 9.47 Å². The molecule has 2 heterocycles. The molecule has 1 aliphatic carbocycles. The normalized spacial score (nSPS) is 28.5. The lowest BCUT2D eigenvalue weighted by molar-refractivity contribution is -0.139. The van der Waals surface area contributed by atoms with Crippen LogP contribution in [0.2, 0.25) is 0 Å². The summed E-state index contributed by atoms with van der Waals surface area (Å²) in [6, 6.07) is 0. The largest absolute Gasteiger partial charge is 0.463 e. The van der Waals surface area contributed by atoms with Crippen LogP contribution in [-0.4, -0.2) is 56.1 Å². The van der Waals surface area contributed by atoms with Crippen molar-refractivity contribution in [3.63, 3.8) is 0 Å². The Morgan fingerprint density at radius 2 is 1.97 bits per heavy atom. The molecule has 0 radical (unpaired) electrons. The average Bonchev–Trinajstić information content (AvgIpc) is 2.67. The molecule has 6 nitrogen and oxygen atoms in total. The highest BCUT2D eigenvalue weighted by atomic mass is 16.5. The quantitative estimate of drug-likeness (QED) is 0.687. The number of Topliss-reactive ketones (excluding diaryl/α,β-unsaturated/α-hetero) is 1. The van der Waals surface area contributed by atoms with Crippen molar-refractivity contribution in [1.29, 1.82) is 0 Å². The molecule has 2 atom stereocenters. The Bertz CT molecular complexity index is 718. The van der Waals surface area contributed by atoms with Crippen molar-refractivity contribution < 1.29 is 19.1 Å². The molecule has 3 aliphatic rings. The minimum absolute atomic E-state index is 0.0318. The van der Waals surface area contributed by atoms with Gasteiger partial charge in [0.1, 0.15) is 0 Å². The molecule has 1 saturated heterocycles. The Hall–Kier alpha value is -1.66. The first-order valence-electron chi connectivity index (χ1n) is 11.0. The van der Waals surface area contributed by atoms with Gasteiger partial charge >= 0.3 is 5.97 Å². The van der Waals surface area contributed by atoms with Gasteiger partial charge < -0.3 is 14.8 Å². The second-order valence-corrected chi connectivity index (χ2v) is 9.18. The van der Waals surface area contributed by atoms with E-state index in [1.807, 2.05) is 6.92 Å². The standard InChI is InChI=1S/C23H36N2O4/c1-6-23(5)12-16-20(18(26)13-23)19(15(3)4)21(22(27)29-7-2)17(24-16)14-25-8-10-28-11-9-25/h15,19,24H,6-14H2,1-5H3. The molecule has 0 aromatic heterocycles. The van der Waals surface area contributed by atoms with Crippen LogP contribution in [0.1, 0.15) is 53.9 Å². The van der Waals surface area contributed by atoms with Crippen LogP contribution in [0.25, 0.3) is 0 Å². The van der Waals surface area contributed by atoms with Crippen molar-refractivity contribution in [3.8, 4) is 0 Å². The number of allylic oxidation sites excluding steroid dienone is 2. The molecule has 2 unspecified atom stereocenters. The first kappa shape index (κ1) is 22.0. The van der Waals surface area contributed by atoms with E-state index in [9.17, 15) is 9.59 Å². The second kappa shape index (κ2) is 9.00. The number of rotatable bonds is 6. The predicted octanol–water partition coefficient (Wildman–Crippen LogP) is 3.04. The number of morpholine rings is 1. The molecule has 0 aromatic carbocycles. The van der Waals surface area contributed by atoms with Crippen LogP contribution < -0.4 is 5.32 Å². The fraction of sp³-hybridized carbons (Fsp3) is 0.739. The smallest absolute Gasteiger partial charge is 0.336 e. The average molecular weight is 405 g/mol. The van der Waals surface area contributed by atoms with Gasteiger partial charge in [0.05, 0.1) is 25.4 Å². The molecule has 6 heteroatoms. The highest BCUT2D eigenvalue weighted by Gasteiger charge is 2.45. The molecule has 0 saturated carbocycles. The van der Waals surface area contributed by atoms with E-state index in [1.54, 1.807) is 0 Å². The highest BCUT2D eigenvalue weighted by Crippen LogP contribution is 2.46. The van der Waals surface area contributed by atoms with Crippen molar-refractivity contribution in [2.75, 3.05) is 39.5 Å². The molecule has 1 fully saturated rings. The summed E-state index contributed by atoms with van der Waals surface area (Å²) in [4.78, 5) is 28.6. The van der Waals surface area contributed by atoms with Crippen LogP contribution in [-0.2, 0) is 19.1 Å². The highest BCUT2D eigenvalue weighted by molar-refractivity contribution is 6.02. The third-order valence-electron chi connectivity index (χ3n) is 6.57. The summed E-state index contributed by atoms with van der Waals surface area (Å²) in [5, 5.41) is 3.55. The lowest BCUT2D eigenvalue weighted by Gasteiger charge is -2.43. The van der Waals surface area contributed by atoms with Gasteiger partial charge in [-0.2, -0.15) is 0 Å². The summed E-state index contributed by atoms with van der Waals surface area (Å²) >= 11 is 0. The maximum atomic E-state index is 13.2. The summed E-state index contributed by atoms with van der Waals surface area (Å²) in [6.45, 7) is 14.4. The molecule has 0 amide bonds. The number of ketones is 1. The van der Waals surface area contributed by atoms with Gasteiger partial charge in [0.25, 0.3) is 0 Å². The SMILES string of the molecule is CCOC(=O)C1=C(CN2CCOCC2)NC2=C(C(=O)CC(C)(CC)C2)C1C(C)C. The van der Waals surface area contributed by atoms with E-state index in [2.05, 4.69) is 37.9 Å². The van der Waals surface area contributed by atoms with Crippen molar-refractivity contribution >= 4 is 11.8 Å². The molecular weight excluding hydrogens is 368 g/mol. The zero-order valence-electron chi connectivity index (χ0n) is 18.6. The van der Waals surface area contributed by atoms with E-state index >= 15 is 0 Å². The van der Waals surface area contributed by atoms with Gasteiger partial charge in [-0.3, -0.25) is 9.69 Å². The molecule has 29 heavy (non-hydrogen) atoms. The zero-order chi connectivity index (χ0) is 21.2. The second-order valence-electron chi connectivity index (χ2n) is 9.18. The number of carbonyl (C=O) groups excluding carboxylic acids is 2. The van der Waals surface area contributed by atoms with E-state index in [1.165, 1.54) is 0 Å². The Morgan fingerprint density at radius 3 is 2.55 bits per heavy atom. The number of carbonyl (C=O) groups is 2. The summed E-state index contributed by atoms with van der Waals surface area (Å²) in [5.74, 6) is -0.203. The van der Waals surface area contributed by atoms with Crippen LogP contribution in [0.15, 0.2) is 22.5 Å². The van der Waals surface area contributed by atoms with E-state index in [0.29, 0.717) is 38.4 Å². The summed E-state index contributed by atoms with van der Waals surface area (Å²) in [7, 11) is 0. The lowest BCUT2D eigenvalue weighted by Crippen LogP contribution is -2.46. The van der Waals surface area contributed by atoms with Crippen LogP contribution in [0.5, 0.6) is 0 Å². The van der Waals surface area contributed by atoms with Crippen molar-refractivity contribution in [3.05, 3.63) is 22.5 Å². The van der Waals surface area contributed by atoms with Gasteiger partial charge in [-0.1, -0.05) is 27.7 Å². The minimum atomic E-state index is -0.301. The minimum Gasteiger partial charge on any atom is -0.463 e. The Kier molecular flexibility index (Phi) is 6.84. The summed E-state index contributed by atoms with van der Waals surface area (Å²) < 4.78 is 10.9. The van der Waals surface area contributed by atoms with E-state index in [-0.39, 0.29) is 29.0 Å². The Morgan fingerprint density at radius 1 is 1.28 bits per heavy atom. The molecule has 3 rings (SSSR count). The van der Waals surface area contributed by atoms with Crippen LogP contribution in [0.3, 0.4) is 0 Å². The number of nitrogens with one attached hydrogen (secondary N) is 1. The van der Waals surface area contributed by atoms with E-state index in [0.717, 1.165) is 42.9 Å².